The third-order valence-corrected chi connectivity index (χ3v) is 8.11. The summed E-state index contributed by atoms with van der Waals surface area (Å²) < 4.78 is 19.1. The molecular formula is C31H33BrN4O3S. The van der Waals surface area contributed by atoms with Crippen molar-refractivity contribution in [2.75, 3.05) is 18.2 Å². The first kappa shape index (κ1) is 28.2. The second-order valence-corrected chi connectivity index (χ2v) is 11.4. The van der Waals surface area contributed by atoms with Gasteiger partial charge < -0.3 is 19.5 Å². The second kappa shape index (κ2) is 13.9. The summed E-state index contributed by atoms with van der Waals surface area (Å²) in [6, 6.07) is 21.9. The third kappa shape index (κ3) is 6.88. The Hall–Kier alpha value is -3.30. The molecule has 1 unspecified atom stereocenters. The van der Waals surface area contributed by atoms with Gasteiger partial charge in [0.05, 0.1) is 11.6 Å². The fourth-order valence-electron chi connectivity index (χ4n) is 4.49. The van der Waals surface area contributed by atoms with Crippen LogP contribution in [0.1, 0.15) is 56.4 Å². The number of anilines is 1. The molecule has 4 aromatic rings. The summed E-state index contributed by atoms with van der Waals surface area (Å²) >= 11 is 5.32. The van der Waals surface area contributed by atoms with E-state index in [2.05, 4.69) is 38.4 Å². The van der Waals surface area contributed by atoms with Crippen molar-refractivity contribution in [2.24, 2.45) is 0 Å². The minimum absolute atomic E-state index is 0.426. The van der Waals surface area contributed by atoms with E-state index in [1.54, 1.807) is 18.9 Å². The number of benzene rings is 3. The summed E-state index contributed by atoms with van der Waals surface area (Å²) in [6.45, 7) is 2.66. The van der Waals surface area contributed by atoms with Crippen LogP contribution < -0.4 is 19.5 Å². The Morgan fingerprint density at radius 2 is 1.77 bits per heavy atom. The lowest BCUT2D eigenvalue weighted by molar-refractivity contribution is 0.223. The summed E-state index contributed by atoms with van der Waals surface area (Å²) in [5, 5.41) is 13.1. The lowest BCUT2D eigenvalue weighted by Gasteiger charge is -2.21. The predicted molar refractivity (Wildman–Crippen MR) is 163 cm³/mol. The zero-order valence-corrected chi connectivity index (χ0v) is 25.1. The third-order valence-electron chi connectivity index (χ3n) is 6.59. The number of methoxy groups -OCH3 is 1. The van der Waals surface area contributed by atoms with E-state index in [0.717, 1.165) is 39.0 Å². The van der Waals surface area contributed by atoms with Crippen LogP contribution in [0.3, 0.4) is 0 Å². The second-order valence-electron chi connectivity index (χ2n) is 9.51. The minimum atomic E-state index is -0.542. The van der Waals surface area contributed by atoms with Crippen molar-refractivity contribution < 1.29 is 14.2 Å². The normalized spacial score (nSPS) is 13.8. The highest BCUT2D eigenvalue weighted by molar-refractivity contribution is 9.10. The average Bonchev–Trinajstić information content (AvgIpc) is 3.15. The van der Waals surface area contributed by atoms with Gasteiger partial charge in [-0.2, -0.15) is 4.98 Å². The van der Waals surface area contributed by atoms with Gasteiger partial charge in [0.25, 0.3) is 0 Å². The first-order valence-corrected chi connectivity index (χ1v) is 15.4. The number of hydrogen-bond acceptors (Lipinski definition) is 8. The Kier molecular flexibility index (Phi) is 9.78. The summed E-state index contributed by atoms with van der Waals surface area (Å²) in [5.74, 6) is 2.64. The van der Waals surface area contributed by atoms with E-state index in [1.807, 2.05) is 66.7 Å². The SMILES string of the molecule is CCCCCCCSc1nnc2c(n1)OC(c1cc(Br)c(OCc3ccccc3)c(OC)c1)Nc1ccccc1-2. The average molecular weight is 622 g/mol. The Labute approximate surface area is 248 Å². The molecule has 0 aliphatic carbocycles. The van der Waals surface area contributed by atoms with Gasteiger partial charge in [-0.3, -0.25) is 0 Å². The highest BCUT2D eigenvalue weighted by Crippen LogP contribution is 2.43. The van der Waals surface area contributed by atoms with Crippen LogP contribution in [0.25, 0.3) is 11.3 Å². The van der Waals surface area contributed by atoms with Gasteiger partial charge in [0.1, 0.15) is 6.61 Å². The molecule has 0 saturated heterocycles. The number of nitrogens with zero attached hydrogens (tertiary/aromatic N) is 3. The molecule has 3 aromatic carbocycles. The van der Waals surface area contributed by atoms with E-state index in [4.69, 9.17) is 19.2 Å². The first-order chi connectivity index (χ1) is 19.7. The van der Waals surface area contributed by atoms with Crippen LogP contribution in [0.4, 0.5) is 5.69 Å². The zero-order chi connectivity index (χ0) is 27.7. The minimum Gasteiger partial charge on any atom is -0.493 e. The van der Waals surface area contributed by atoms with Crippen LogP contribution in [0.15, 0.2) is 76.4 Å². The van der Waals surface area contributed by atoms with Gasteiger partial charge in [-0.25, -0.2) is 0 Å². The van der Waals surface area contributed by atoms with E-state index in [-0.39, 0.29) is 0 Å². The molecular weight excluding hydrogens is 588 g/mol. The van der Waals surface area contributed by atoms with Crippen LogP contribution in [0, 0.1) is 0 Å². The highest BCUT2D eigenvalue weighted by atomic mass is 79.9. The summed E-state index contributed by atoms with van der Waals surface area (Å²) in [5.41, 5.74) is 4.32. The molecule has 208 valence electrons. The fourth-order valence-corrected chi connectivity index (χ4v) is 5.84. The molecule has 1 N–H and O–H groups in total. The quantitative estimate of drug-likeness (QED) is 0.125. The first-order valence-electron chi connectivity index (χ1n) is 13.6. The molecule has 5 rings (SSSR count). The monoisotopic (exact) mass is 620 g/mol. The maximum atomic E-state index is 6.49. The highest BCUT2D eigenvalue weighted by Gasteiger charge is 2.27. The molecule has 0 saturated carbocycles. The topological polar surface area (TPSA) is 78.4 Å². The lowest BCUT2D eigenvalue weighted by Crippen LogP contribution is -2.17. The molecule has 2 heterocycles. The fraction of sp³-hybridized carbons (Fsp3) is 0.323. The van der Waals surface area contributed by atoms with Crippen molar-refractivity contribution in [3.63, 3.8) is 0 Å². The molecule has 40 heavy (non-hydrogen) atoms. The van der Waals surface area contributed by atoms with Gasteiger partial charge >= 0.3 is 0 Å². The molecule has 1 aliphatic heterocycles. The Balaban J connectivity index is 1.40. The number of rotatable bonds is 12. The van der Waals surface area contributed by atoms with Gasteiger partial charge in [0, 0.05) is 22.6 Å². The van der Waals surface area contributed by atoms with E-state index in [1.165, 1.54) is 25.7 Å². The van der Waals surface area contributed by atoms with E-state index < -0.39 is 6.23 Å². The van der Waals surface area contributed by atoms with Crippen LogP contribution in [-0.2, 0) is 6.61 Å². The number of hydrogen-bond donors (Lipinski definition) is 1. The Bertz CT molecular complexity index is 1420. The molecule has 1 atom stereocenters. The molecule has 7 nitrogen and oxygen atoms in total. The van der Waals surface area contributed by atoms with Gasteiger partial charge in [0.2, 0.25) is 11.0 Å². The van der Waals surface area contributed by atoms with Gasteiger partial charge in [0.15, 0.2) is 23.4 Å². The zero-order valence-electron chi connectivity index (χ0n) is 22.7. The smallest absolute Gasteiger partial charge is 0.247 e. The van der Waals surface area contributed by atoms with Crippen LogP contribution in [0.2, 0.25) is 0 Å². The van der Waals surface area contributed by atoms with Crippen molar-refractivity contribution in [2.45, 2.75) is 57.0 Å². The Morgan fingerprint density at radius 1 is 0.975 bits per heavy atom. The number of para-hydroxylation sites is 1. The predicted octanol–water partition coefficient (Wildman–Crippen LogP) is 8.45. The molecule has 0 fully saturated rings. The lowest BCUT2D eigenvalue weighted by atomic mass is 10.1. The number of nitrogens with one attached hydrogen (secondary N) is 1. The standard InChI is InChI=1S/C31H33BrN4O3S/c1-3-4-5-6-12-17-40-31-34-30-27(35-36-31)23-15-10-11-16-25(23)33-29(39-30)22-18-24(32)28(26(19-22)37-2)38-20-21-13-8-7-9-14-21/h7-11,13-16,18-19,29,33H,3-6,12,17,20H2,1-2H3. The van der Waals surface area contributed by atoms with Crippen molar-refractivity contribution in [1.29, 1.82) is 0 Å². The Morgan fingerprint density at radius 3 is 2.60 bits per heavy atom. The van der Waals surface area contributed by atoms with Crippen LogP contribution >= 0.6 is 27.7 Å². The number of fused-ring (bicyclic) bond motifs is 3. The van der Waals surface area contributed by atoms with Gasteiger partial charge in [-0.05, 0) is 46.1 Å². The molecule has 0 amide bonds. The van der Waals surface area contributed by atoms with E-state index in [9.17, 15) is 0 Å². The number of ether oxygens (including phenoxy) is 3. The number of aromatic nitrogens is 3. The molecule has 1 aromatic heterocycles. The van der Waals surface area contributed by atoms with Gasteiger partial charge in [-0.1, -0.05) is 92.9 Å². The molecule has 0 bridgehead atoms. The van der Waals surface area contributed by atoms with Crippen molar-refractivity contribution >= 4 is 33.4 Å². The van der Waals surface area contributed by atoms with E-state index >= 15 is 0 Å². The summed E-state index contributed by atoms with van der Waals surface area (Å²) in [4.78, 5) is 4.79. The van der Waals surface area contributed by atoms with Crippen LogP contribution in [-0.4, -0.2) is 28.0 Å². The van der Waals surface area contributed by atoms with Crippen molar-refractivity contribution in [1.82, 2.24) is 15.2 Å². The van der Waals surface area contributed by atoms with Crippen LogP contribution in [0.5, 0.6) is 17.4 Å². The molecule has 9 heteroatoms. The number of thioether (sulfide) groups is 1. The molecule has 1 aliphatic rings. The number of halogens is 1. The summed E-state index contributed by atoms with van der Waals surface area (Å²) in [6.07, 6.45) is 5.60. The van der Waals surface area contributed by atoms with Gasteiger partial charge in [-0.15, -0.1) is 10.2 Å². The largest absolute Gasteiger partial charge is 0.493 e. The van der Waals surface area contributed by atoms with Crippen molar-refractivity contribution in [3.8, 4) is 28.6 Å². The maximum Gasteiger partial charge on any atom is 0.247 e. The molecule has 0 spiro atoms. The van der Waals surface area contributed by atoms with Crippen molar-refractivity contribution in [3.05, 3.63) is 82.3 Å². The van der Waals surface area contributed by atoms with E-state index in [0.29, 0.717) is 34.8 Å². The number of unbranched alkanes of at least 4 members (excludes halogenated alkanes) is 4. The molecule has 0 radical (unpaired) electrons. The maximum absolute atomic E-state index is 6.49. The summed E-state index contributed by atoms with van der Waals surface area (Å²) in [7, 11) is 1.63.